The van der Waals surface area contributed by atoms with Gasteiger partial charge in [0.15, 0.2) is 6.10 Å². The van der Waals surface area contributed by atoms with Crippen LogP contribution >= 0.6 is 0 Å². The van der Waals surface area contributed by atoms with Crippen LogP contribution in [0.15, 0.2) is 30.3 Å². The number of nitrogens with zero attached hydrogens (tertiary/aromatic N) is 1. The van der Waals surface area contributed by atoms with E-state index in [-0.39, 0.29) is 11.9 Å². The Hall–Kier alpha value is -2.89. The van der Waals surface area contributed by atoms with E-state index >= 15 is 0 Å². The van der Waals surface area contributed by atoms with Crippen molar-refractivity contribution in [3.05, 3.63) is 52.7 Å². The Morgan fingerprint density at radius 2 is 1.77 bits per heavy atom. The first-order valence-corrected chi connectivity index (χ1v) is 11.0. The van der Waals surface area contributed by atoms with E-state index in [1.54, 1.807) is 14.0 Å². The molecule has 1 aromatic heterocycles. The Kier molecular flexibility index (Phi) is 8.60. The third-order valence-corrected chi connectivity index (χ3v) is 5.27. The van der Waals surface area contributed by atoms with E-state index in [1.807, 2.05) is 65.0 Å². The van der Waals surface area contributed by atoms with Crippen LogP contribution in [0.4, 0.5) is 0 Å². The molecule has 1 aliphatic rings. The molecule has 2 aromatic rings. The first kappa shape index (κ1) is 24.4. The first-order valence-electron chi connectivity index (χ1n) is 11.0. The lowest BCUT2D eigenvalue weighted by Crippen LogP contribution is -2.38. The van der Waals surface area contributed by atoms with Crippen LogP contribution in [0.3, 0.4) is 0 Å². The number of carbonyl (C=O) groups excluding carboxylic acids is 1. The highest BCUT2D eigenvalue weighted by atomic mass is 16.5. The molecule has 1 amide bonds. The van der Waals surface area contributed by atoms with Crippen molar-refractivity contribution in [3.8, 4) is 11.6 Å². The van der Waals surface area contributed by atoms with Gasteiger partial charge < -0.3 is 20.2 Å². The van der Waals surface area contributed by atoms with Gasteiger partial charge in [-0.15, -0.1) is 0 Å². The predicted molar refractivity (Wildman–Crippen MR) is 124 cm³/mol. The lowest BCUT2D eigenvalue weighted by atomic mass is 10.00. The summed E-state index contributed by atoms with van der Waals surface area (Å²) in [5.74, 6) is 1.34. The van der Waals surface area contributed by atoms with Gasteiger partial charge in [0.05, 0.1) is 18.8 Å². The second kappa shape index (κ2) is 10.9. The molecule has 6 heteroatoms. The van der Waals surface area contributed by atoms with Gasteiger partial charge in [-0.1, -0.05) is 26.0 Å². The second-order valence-electron chi connectivity index (χ2n) is 7.69. The van der Waals surface area contributed by atoms with Crippen LogP contribution < -0.4 is 14.8 Å². The summed E-state index contributed by atoms with van der Waals surface area (Å²) in [7, 11) is 1.62. The minimum Gasteiger partial charge on any atom is -0.497 e. The molecule has 1 fully saturated rings. The molecule has 3 rings (SSSR count). The van der Waals surface area contributed by atoms with E-state index in [9.17, 15) is 4.79 Å². The molecule has 0 aliphatic heterocycles. The number of aryl methyl sites for hydroxylation is 2. The van der Waals surface area contributed by atoms with Crippen LogP contribution in [0.5, 0.6) is 11.6 Å². The van der Waals surface area contributed by atoms with Crippen LogP contribution in [-0.4, -0.2) is 29.8 Å². The highest BCUT2D eigenvalue weighted by molar-refractivity contribution is 6.03. The Balaban J connectivity index is 0.00000166. The molecule has 168 valence electrons. The van der Waals surface area contributed by atoms with Gasteiger partial charge in [0.25, 0.3) is 5.91 Å². The average Bonchev–Trinajstić information content (AvgIpc) is 3.60. The summed E-state index contributed by atoms with van der Waals surface area (Å²) >= 11 is 0. The SMILES string of the molecule is CC.COc1ccc([C@H](C)NC(=O)C(C)Oc2cc(C)c(C(=N)C3CC3)c(C)n2)cc1. The summed E-state index contributed by atoms with van der Waals surface area (Å²) in [6.45, 7) is 11.5. The maximum Gasteiger partial charge on any atom is 0.261 e. The fourth-order valence-corrected chi connectivity index (χ4v) is 3.38. The normalized spacial score (nSPS) is 14.5. The Bertz CT molecular complexity index is 882. The molecule has 0 radical (unpaired) electrons. The number of pyridine rings is 1. The number of aromatic nitrogens is 1. The fourth-order valence-electron chi connectivity index (χ4n) is 3.38. The van der Waals surface area contributed by atoms with Gasteiger partial charge in [0.2, 0.25) is 5.88 Å². The molecule has 0 spiro atoms. The Morgan fingerprint density at radius 1 is 1.16 bits per heavy atom. The molecule has 1 saturated carbocycles. The second-order valence-corrected chi connectivity index (χ2v) is 7.69. The van der Waals surface area contributed by atoms with E-state index in [0.29, 0.717) is 17.5 Å². The molecule has 0 saturated heterocycles. The number of rotatable bonds is 8. The minimum atomic E-state index is -0.685. The topological polar surface area (TPSA) is 84.3 Å². The maximum absolute atomic E-state index is 12.6. The summed E-state index contributed by atoms with van der Waals surface area (Å²) in [5.41, 5.74) is 4.29. The number of amides is 1. The molecule has 2 N–H and O–H groups in total. The van der Waals surface area contributed by atoms with E-state index < -0.39 is 6.10 Å². The number of carbonyl (C=O) groups is 1. The number of ether oxygens (including phenoxy) is 2. The number of benzene rings is 1. The van der Waals surface area contributed by atoms with Crippen LogP contribution in [-0.2, 0) is 4.79 Å². The molecule has 0 bridgehead atoms. The van der Waals surface area contributed by atoms with E-state index in [2.05, 4.69) is 10.3 Å². The zero-order valence-corrected chi connectivity index (χ0v) is 19.7. The lowest BCUT2D eigenvalue weighted by molar-refractivity contribution is -0.128. The summed E-state index contributed by atoms with van der Waals surface area (Å²) in [4.78, 5) is 17.1. The standard InChI is InChI=1S/C23H29N3O3.C2H6/c1-13-12-20(25-15(3)21(13)22(24)18-6-7-18)29-16(4)23(27)26-14(2)17-8-10-19(28-5)11-9-17;1-2/h8-12,14,16,18,24H,6-7H2,1-5H3,(H,26,27);1-2H3/t14-,16?;/m0./s1. The van der Waals surface area contributed by atoms with Gasteiger partial charge in [0, 0.05) is 23.3 Å². The largest absolute Gasteiger partial charge is 0.497 e. The van der Waals surface area contributed by atoms with E-state index in [0.717, 1.165) is 41.0 Å². The van der Waals surface area contributed by atoms with E-state index in [1.165, 1.54) is 0 Å². The van der Waals surface area contributed by atoms with Crippen molar-refractivity contribution >= 4 is 11.6 Å². The van der Waals surface area contributed by atoms with Crippen LogP contribution in [0.2, 0.25) is 0 Å². The van der Waals surface area contributed by atoms with Crippen LogP contribution in [0.1, 0.15) is 69.0 Å². The average molecular weight is 426 g/mol. The Labute approximate surface area is 185 Å². The highest BCUT2D eigenvalue weighted by Gasteiger charge is 2.29. The highest BCUT2D eigenvalue weighted by Crippen LogP contribution is 2.34. The number of hydrogen-bond acceptors (Lipinski definition) is 5. The summed E-state index contributed by atoms with van der Waals surface area (Å²) in [6, 6.07) is 9.25. The van der Waals surface area contributed by atoms with Crippen molar-refractivity contribution in [3.63, 3.8) is 0 Å². The summed E-state index contributed by atoms with van der Waals surface area (Å²) in [5, 5.41) is 11.3. The van der Waals surface area contributed by atoms with Gasteiger partial charge in [-0.05, 0) is 63.8 Å². The number of methoxy groups -OCH3 is 1. The maximum atomic E-state index is 12.6. The van der Waals surface area contributed by atoms with Crippen LogP contribution in [0, 0.1) is 25.2 Å². The Morgan fingerprint density at radius 3 is 2.29 bits per heavy atom. The van der Waals surface area contributed by atoms with Crippen molar-refractivity contribution in [1.82, 2.24) is 10.3 Å². The van der Waals surface area contributed by atoms with Crippen molar-refractivity contribution < 1.29 is 14.3 Å². The molecule has 1 heterocycles. The van der Waals surface area contributed by atoms with Gasteiger partial charge >= 0.3 is 0 Å². The van der Waals surface area contributed by atoms with Crippen molar-refractivity contribution in [2.45, 2.75) is 66.5 Å². The van der Waals surface area contributed by atoms with Crippen molar-refractivity contribution in [2.24, 2.45) is 5.92 Å². The molecule has 6 nitrogen and oxygen atoms in total. The summed E-state index contributed by atoms with van der Waals surface area (Å²) in [6.07, 6.45) is 1.48. The molecular formula is C25H35N3O3. The molecule has 1 unspecified atom stereocenters. The predicted octanol–water partition coefficient (Wildman–Crippen LogP) is 5.16. The third kappa shape index (κ3) is 6.29. The van der Waals surface area contributed by atoms with Gasteiger partial charge in [0.1, 0.15) is 5.75 Å². The zero-order valence-electron chi connectivity index (χ0n) is 19.7. The van der Waals surface area contributed by atoms with Crippen molar-refractivity contribution in [1.29, 1.82) is 5.41 Å². The monoisotopic (exact) mass is 425 g/mol. The quantitative estimate of drug-likeness (QED) is 0.573. The number of nitrogens with one attached hydrogen (secondary N) is 2. The van der Waals surface area contributed by atoms with E-state index in [4.69, 9.17) is 14.9 Å². The summed E-state index contributed by atoms with van der Waals surface area (Å²) < 4.78 is 11.0. The number of hydrogen-bond donors (Lipinski definition) is 2. The first-order chi connectivity index (χ1) is 14.8. The zero-order chi connectivity index (χ0) is 23.1. The van der Waals surface area contributed by atoms with Gasteiger partial charge in [-0.2, -0.15) is 0 Å². The third-order valence-electron chi connectivity index (χ3n) is 5.27. The van der Waals surface area contributed by atoms with Gasteiger partial charge in [-0.25, -0.2) is 4.98 Å². The smallest absolute Gasteiger partial charge is 0.261 e. The van der Waals surface area contributed by atoms with Crippen LogP contribution in [0.25, 0.3) is 0 Å². The fraction of sp³-hybridized carbons (Fsp3) is 0.480. The molecule has 1 aromatic carbocycles. The molecule has 31 heavy (non-hydrogen) atoms. The lowest BCUT2D eigenvalue weighted by Gasteiger charge is -2.20. The molecule has 1 aliphatic carbocycles. The molecular weight excluding hydrogens is 390 g/mol. The van der Waals surface area contributed by atoms with Gasteiger partial charge in [-0.3, -0.25) is 4.79 Å². The van der Waals surface area contributed by atoms with Crippen molar-refractivity contribution in [2.75, 3.05) is 7.11 Å². The molecule has 2 atom stereocenters. The minimum absolute atomic E-state index is 0.155.